The summed E-state index contributed by atoms with van der Waals surface area (Å²) in [6, 6.07) is 11.3. The Bertz CT molecular complexity index is 1340. The number of fused-ring (bicyclic) bond motifs is 1. The molecule has 0 fully saturated rings. The molecule has 4 aromatic rings. The van der Waals surface area contributed by atoms with E-state index in [0.717, 1.165) is 38.0 Å². The largest absolute Gasteiger partial charge is 0.497 e. The third-order valence-electron chi connectivity index (χ3n) is 4.85. The van der Waals surface area contributed by atoms with Crippen molar-refractivity contribution >= 4 is 33.3 Å². The van der Waals surface area contributed by atoms with Crippen molar-refractivity contribution in [2.24, 2.45) is 0 Å². The molecule has 0 atom stereocenters. The molecular weight excluding hydrogens is 458 g/mol. The molecule has 0 aliphatic carbocycles. The second kappa shape index (κ2) is 9.54. The zero-order chi connectivity index (χ0) is 23.6. The molecule has 0 spiro atoms. The van der Waals surface area contributed by atoms with Gasteiger partial charge in [0.1, 0.15) is 18.1 Å². The molecule has 4 rings (SSSR count). The second-order valence-corrected chi connectivity index (χ2v) is 10.3. The molecule has 0 aliphatic rings. The monoisotopic (exact) mass is 483 g/mol. The van der Waals surface area contributed by atoms with Crippen LogP contribution < -0.4 is 15.0 Å². The predicted molar refractivity (Wildman–Crippen MR) is 131 cm³/mol. The number of aromatic nitrogens is 3. The van der Waals surface area contributed by atoms with E-state index >= 15 is 0 Å². The number of ether oxygens (including phenoxy) is 2. The summed E-state index contributed by atoms with van der Waals surface area (Å²) in [4.78, 5) is 22.1. The number of thiazole rings is 1. The average Bonchev–Trinajstić information content (AvgIpc) is 3.20. The molecule has 2 aromatic carbocycles. The van der Waals surface area contributed by atoms with Gasteiger partial charge in [-0.2, -0.15) is 0 Å². The fraction of sp³-hybridized carbons (Fsp3) is 0.292. The standard InChI is InChI=1S/C24H25N3O4S2/c1-5-15-12-16(6-8-19(15)31-14-24(2,3)29)27-11-10-25-21(22(27)28)33-23-26-18-13-17(30-4)7-9-20(18)32-23/h6-13,29H,5,14H2,1-4H3. The number of aliphatic hydroxyl groups is 1. The first-order valence-corrected chi connectivity index (χ1v) is 12.1. The van der Waals surface area contributed by atoms with E-state index in [-0.39, 0.29) is 12.2 Å². The zero-order valence-corrected chi connectivity index (χ0v) is 20.5. The Hall–Kier alpha value is -2.88. The van der Waals surface area contributed by atoms with Gasteiger partial charge in [-0.3, -0.25) is 9.36 Å². The Morgan fingerprint density at radius 1 is 1.21 bits per heavy atom. The summed E-state index contributed by atoms with van der Waals surface area (Å²) < 4.78 is 14.4. The fourth-order valence-corrected chi connectivity index (χ4v) is 5.15. The maximum atomic E-state index is 13.2. The van der Waals surface area contributed by atoms with Crippen LogP contribution in [0.25, 0.3) is 15.9 Å². The molecule has 0 unspecified atom stereocenters. The highest BCUT2D eigenvalue weighted by molar-refractivity contribution is 8.01. The minimum atomic E-state index is -0.927. The average molecular weight is 484 g/mol. The first kappa shape index (κ1) is 23.3. The van der Waals surface area contributed by atoms with E-state index in [1.807, 2.05) is 43.3 Å². The number of methoxy groups -OCH3 is 1. The lowest BCUT2D eigenvalue weighted by molar-refractivity contribution is 0.0282. The van der Waals surface area contributed by atoms with Crippen LogP contribution in [0.1, 0.15) is 26.3 Å². The molecular formula is C24H25N3O4S2. The minimum absolute atomic E-state index is 0.184. The minimum Gasteiger partial charge on any atom is -0.497 e. The van der Waals surface area contributed by atoms with Crippen molar-refractivity contribution in [1.29, 1.82) is 0 Å². The lowest BCUT2D eigenvalue weighted by Crippen LogP contribution is -2.28. The van der Waals surface area contributed by atoms with Crippen molar-refractivity contribution in [2.45, 2.75) is 42.2 Å². The van der Waals surface area contributed by atoms with Crippen molar-refractivity contribution in [2.75, 3.05) is 13.7 Å². The Labute approximate surface area is 200 Å². The molecule has 0 amide bonds. The Kier molecular flexibility index (Phi) is 6.73. The van der Waals surface area contributed by atoms with Crippen LogP contribution in [0.3, 0.4) is 0 Å². The topological polar surface area (TPSA) is 86.5 Å². The van der Waals surface area contributed by atoms with Crippen molar-refractivity contribution in [1.82, 2.24) is 14.5 Å². The van der Waals surface area contributed by atoms with E-state index in [9.17, 15) is 9.90 Å². The van der Waals surface area contributed by atoms with Crippen molar-refractivity contribution < 1.29 is 14.6 Å². The van der Waals surface area contributed by atoms with Crippen LogP contribution in [-0.2, 0) is 6.42 Å². The highest BCUT2D eigenvalue weighted by atomic mass is 32.2. The number of nitrogens with zero attached hydrogens (tertiary/aromatic N) is 3. The molecule has 0 radical (unpaired) electrons. The summed E-state index contributed by atoms with van der Waals surface area (Å²) in [6.45, 7) is 5.60. The van der Waals surface area contributed by atoms with E-state index in [1.165, 1.54) is 23.1 Å². The number of benzene rings is 2. The van der Waals surface area contributed by atoms with Crippen LogP contribution in [0, 0.1) is 0 Å². The Morgan fingerprint density at radius 2 is 2.03 bits per heavy atom. The van der Waals surface area contributed by atoms with Crippen LogP contribution in [0.5, 0.6) is 11.5 Å². The van der Waals surface area contributed by atoms with Gasteiger partial charge in [-0.15, -0.1) is 11.3 Å². The predicted octanol–water partition coefficient (Wildman–Crippen LogP) is 4.71. The van der Waals surface area contributed by atoms with Gasteiger partial charge in [0, 0.05) is 24.1 Å². The first-order chi connectivity index (χ1) is 15.8. The number of hydrogen-bond donors (Lipinski definition) is 1. The van der Waals surface area contributed by atoms with Crippen LogP contribution in [0.15, 0.2) is 63.0 Å². The van der Waals surface area contributed by atoms with Gasteiger partial charge in [0.15, 0.2) is 9.37 Å². The molecule has 0 bridgehead atoms. The van der Waals surface area contributed by atoms with Crippen LogP contribution in [0.4, 0.5) is 0 Å². The Balaban J connectivity index is 1.62. The van der Waals surface area contributed by atoms with Gasteiger partial charge in [0.25, 0.3) is 5.56 Å². The van der Waals surface area contributed by atoms with Crippen molar-refractivity contribution in [3.05, 3.63) is 64.7 Å². The Morgan fingerprint density at radius 3 is 2.76 bits per heavy atom. The summed E-state index contributed by atoms with van der Waals surface area (Å²) in [5.41, 5.74) is 1.36. The number of aryl methyl sites for hydroxylation is 1. The van der Waals surface area contributed by atoms with Crippen molar-refractivity contribution in [3.8, 4) is 17.2 Å². The van der Waals surface area contributed by atoms with Gasteiger partial charge < -0.3 is 14.6 Å². The van der Waals surface area contributed by atoms with E-state index in [2.05, 4.69) is 9.97 Å². The highest BCUT2D eigenvalue weighted by Crippen LogP contribution is 2.34. The smallest absolute Gasteiger partial charge is 0.288 e. The highest BCUT2D eigenvalue weighted by Gasteiger charge is 2.16. The summed E-state index contributed by atoms with van der Waals surface area (Å²) in [6.07, 6.45) is 4.00. The molecule has 7 nitrogen and oxygen atoms in total. The van der Waals surface area contributed by atoms with Gasteiger partial charge in [0.2, 0.25) is 0 Å². The van der Waals surface area contributed by atoms with Gasteiger partial charge >= 0.3 is 0 Å². The summed E-state index contributed by atoms with van der Waals surface area (Å²) in [5.74, 6) is 1.44. The lowest BCUT2D eigenvalue weighted by Gasteiger charge is -2.20. The zero-order valence-electron chi connectivity index (χ0n) is 18.9. The van der Waals surface area contributed by atoms with Gasteiger partial charge in [-0.25, -0.2) is 9.97 Å². The van der Waals surface area contributed by atoms with Crippen molar-refractivity contribution in [3.63, 3.8) is 0 Å². The van der Waals surface area contributed by atoms with Crippen LogP contribution >= 0.6 is 23.1 Å². The van der Waals surface area contributed by atoms with E-state index in [1.54, 1.807) is 37.9 Å². The molecule has 172 valence electrons. The normalized spacial score (nSPS) is 11.7. The SMILES string of the molecule is CCc1cc(-n2ccnc(Sc3nc4cc(OC)ccc4s3)c2=O)ccc1OCC(C)(C)O. The molecule has 0 saturated carbocycles. The van der Waals surface area contributed by atoms with Gasteiger partial charge in [-0.1, -0.05) is 6.92 Å². The second-order valence-electron chi connectivity index (χ2n) is 8.07. The third kappa shape index (κ3) is 5.38. The molecule has 1 N–H and O–H groups in total. The van der Waals surface area contributed by atoms with Crippen LogP contribution in [0.2, 0.25) is 0 Å². The first-order valence-electron chi connectivity index (χ1n) is 10.5. The molecule has 0 aliphatic heterocycles. The van der Waals surface area contributed by atoms with Gasteiger partial charge in [-0.05, 0) is 67.9 Å². The number of rotatable bonds is 8. The molecule has 33 heavy (non-hydrogen) atoms. The number of hydrogen-bond acceptors (Lipinski definition) is 8. The molecule has 9 heteroatoms. The third-order valence-corrected chi connectivity index (χ3v) is 6.92. The summed E-state index contributed by atoms with van der Waals surface area (Å²) in [7, 11) is 1.62. The van der Waals surface area contributed by atoms with Gasteiger partial charge in [0.05, 0.1) is 22.9 Å². The summed E-state index contributed by atoms with van der Waals surface area (Å²) in [5, 5.41) is 10.3. The summed E-state index contributed by atoms with van der Waals surface area (Å²) >= 11 is 2.76. The lowest BCUT2D eigenvalue weighted by atomic mass is 10.1. The van der Waals surface area contributed by atoms with E-state index < -0.39 is 5.60 Å². The maximum absolute atomic E-state index is 13.2. The maximum Gasteiger partial charge on any atom is 0.288 e. The van der Waals surface area contributed by atoms with E-state index in [0.29, 0.717) is 10.8 Å². The van der Waals surface area contributed by atoms with E-state index in [4.69, 9.17) is 9.47 Å². The molecule has 2 heterocycles. The molecule has 2 aromatic heterocycles. The quantitative estimate of drug-likeness (QED) is 0.388. The fourth-order valence-electron chi connectivity index (χ4n) is 3.19. The molecule has 0 saturated heterocycles. The van der Waals surface area contributed by atoms with Crippen LogP contribution in [-0.4, -0.2) is 39.0 Å².